The fourth-order valence-electron chi connectivity index (χ4n) is 1.70. The molecule has 0 radical (unpaired) electrons. The quantitative estimate of drug-likeness (QED) is 0.596. The van der Waals surface area contributed by atoms with E-state index < -0.39 is 0 Å². The van der Waals surface area contributed by atoms with E-state index >= 15 is 0 Å². The Hall–Kier alpha value is -0.930. The van der Waals surface area contributed by atoms with E-state index in [9.17, 15) is 4.39 Å². The van der Waals surface area contributed by atoms with Gasteiger partial charge >= 0.3 is 0 Å². The molecule has 1 aromatic carbocycles. The molecule has 0 bridgehead atoms. The van der Waals surface area contributed by atoms with Crippen molar-refractivity contribution in [1.82, 2.24) is 5.43 Å². The smallest absolute Gasteiger partial charge is 0.126 e. The molecule has 2 nitrogen and oxygen atoms in total. The first-order valence-electron chi connectivity index (χ1n) is 5.80. The topological polar surface area (TPSA) is 38.0 Å². The van der Waals surface area contributed by atoms with E-state index in [0.717, 1.165) is 18.4 Å². The van der Waals surface area contributed by atoms with E-state index in [0.29, 0.717) is 11.5 Å². The Balaban J connectivity index is 2.82. The highest BCUT2D eigenvalue weighted by atomic mass is 19.1. The van der Waals surface area contributed by atoms with Gasteiger partial charge in [-0.3, -0.25) is 11.3 Å². The summed E-state index contributed by atoms with van der Waals surface area (Å²) in [6, 6.07) is 5.34. The number of benzene rings is 1. The van der Waals surface area contributed by atoms with Crippen molar-refractivity contribution in [2.24, 2.45) is 11.8 Å². The van der Waals surface area contributed by atoms with E-state index in [1.165, 1.54) is 0 Å². The molecule has 0 aliphatic carbocycles. The molecule has 2 unspecified atom stereocenters. The number of rotatable bonds is 5. The van der Waals surface area contributed by atoms with Crippen LogP contribution >= 0.6 is 0 Å². The van der Waals surface area contributed by atoms with Crippen molar-refractivity contribution in [3.05, 3.63) is 35.1 Å². The number of hydrogen-bond acceptors (Lipinski definition) is 2. The normalized spacial score (nSPS) is 14.8. The minimum atomic E-state index is -0.165. The molecule has 0 aromatic heterocycles. The number of hydrazine groups is 1. The Labute approximate surface area is 97.0 Å². The Kier molecular flexibility index (Phi) is 4.90. The van der Waals surface area contributed by atoms with Crippen LogP contribution in [0.15, 0.2) is 18.2 Å². The second kappa shape index (κ2) is 5.97. The monoisotopic (exact) mass is 224 g/mol. The van der Waals surface area contributed by atoms with E-state index in [1.807, 2.05) is 6.07 Å². The van der Waals surface area contributed by atoms with Crippen LogP contribution in [0.3, 0.4) is 0 Å². The van der Waals surface area contributed by atoms with Crippen LogP contribution in [0.25, 0.3) is 0 Å². The largest absolute Gasteiger partial charge is 0.271 e. The lowest BCUT2D eigenvalue weighted by molar-refractivity contribution is 0.406. The maximum Gasteiger partial charge on any atom is 0.126 e. The van der Waals surface area contributed by atoms with Gasteiger partial charge in [0.25, 0.3) is 0 Å². The lowest BCUT2D eigenvalue weighted by atomic mass is 9.94. The fourth-order valence-corrected chi connectivity index (χ4v) is 1.70. The van der Waals surface area contributed by atoms with Crippen LogP contribution in [0, 0.1) is 18.7 Å². The van der Waals surface area contributed by atoms with Gasteiger partial charge in [0.2, 0.25) is 0 Å². The Morgan fingerprint density at radius 2 is 2.12 bits per heavy atom. The zero-order valence-electron chi connectivity index (χ0n) is 10.3. The van der Waals surface area contributed by atoms with Gasteiger partial charge in [0, 0.05) is 6.04 Å². The van der Waals surface area contributed by atoms with Gasteiger partial charge in [0.05, 0.1) is 0 Å². The van der Waals surface area contributed by atoms with Gasteiger partial charge in [0.15, 0.2) is 0 Å². The molecular weight excluding hydrogens is 203 g/mol. The average Bonchev–Trinajstić information content (AvgIpc) is 2.29. The molecule has 90 valence electrons. The van der Waals surface area contributed by atoms with Crippen molar-refractivity contribution in [1.29, 1.82) is 0 Å². The summed E-state index contributed by atoms with van der Waals surface area (Å²) in [5.74, 6) is 5.93. The molecule has 1 aromatic rings. The van der Waals surface area contributed by atoms with Gasteiger partial charge in [0.1, 0.15) is 5.82 Å². The van der Waals surface area contributed by atoms with Crippen LogP contribution in [-0.4, -0.2) is 0 Å². The van der Waals surface area contributed by atoms with Gasteiger partial charge in [-0.1, -0.05) is 32.4 Å². The molecule has 2 atom stereocenters. The summed E-state index contributed by atoms with van der Waals surface area (Å²) in [6.07, 6.45) is 2.03. The molecule has 0 aliphatic rings. The first-order valence-corrected chi connectivity index (χ1v) is 5.80. The van der Waals surface area contributed by atoms with E-state index in [-0.39, 0.29) is 11.9 Å². The third-order valence-corrected chi connectivity index (χ3v) is 3.13. The lowest BCUT2D eigenvalue weighted by Crippen LogP contribution is -2.29. The standard InChI is InChI=1S/C13H21FN2/c1-4-9(2)7-13(16-15)11-6-5-10(3)12(14)8-11/h5-6,8-9,13,16H,4,7,15H2,1-3H3. The zero-order chi connectivity index (χ0) is 12.1. The van der Waals surface area contributed by atoms with Crippen LogP contribution in [0.1, 0.15) is 43.9 Å². The molecular formula is C13H21FN2. The summed E-state index contributed by atoms with van der Waals surface area (Å²) in [4.78, 5) is 0. The molecule has 3 heteroatoms. The number of halogens is 1. The first kappa shape index (κ1) is 13.1. The van der Waals surface area contributed by atoms with Crippen LogP contribution in [0.5, 0.6) is 0 Å². The highest BCUT2D eigenvalue weighted by molar-refractivity contribution is 5.25. The van der Waals surface area contributed by atoms with Crippen molar-refractivity contribution >= 4 is 0 Å². The van der Waals surface area contributed by atoms with Crippen LogP contribution in [-0.2, 0) is 0 Å². The summed E-state index contributed by atoms with van der Waals surface area (Å²) in [6.45, 7) is 6.08. The molecule has 0 heterocycles. The molecule has 0 amide bonds. The van der Waals surface area contributed by atoms with Crippen LogP contribution < -0.4 is 11.3 Å². The SMILES string of the molecule is CCC(C)CC(NN)c1ccc(C)c(F)c1. The maximum atomic E-state index is 13.4. The minimum absolute atomic E-state index is 0.0325. The fraction of sp³-hybridized carbons (Fsp3) is 0.538. The highest BCUT2D eigenvalue weighted by Crippen LogP contribution is 2.23. The van der Waals surface area contributed by atoms with Crippen LogP contribution in [0.2, 0.25) is 0 Å². The number of hydrogen-bond donors (Lipinski definition) is 2. The van der Waals surface area contributed by atoms with Crippen molar-refractivity contribution in [2.75, 3.05) is 0 Å². The molecule has 16 heavy (non-hydrogen) atoms. The second-order valence-electron chi connectivity index (χ2n) is 4.48. The maximum absolute atomic E-state index is 13.4. The second-order valence-corrected chi connectivity index (χ2v) is 4.48. The van der Waals surface area contributed by atoms with E-state index in [1.54, 1.807) is 19.1 Å². The van der Waals surface area contributed by atoms with Gasteiger partial charge in [-0.05, 0) is 36.5 Å². The Bertz CT molecular complexity index is 339. The number of nitrogens with two attached hydrogens (primary N) is 1. The predicted molar refractivity (Wildman–Crippen MR) is 65.3 cm³/mol. The molecule has 3 N–H and O–H groups in total. The summed E-state index contributed by atoms with van der Waals surface area (Å²) >= 11 is 0. The molecule has 1 rings (SSSR count). The molecule has 0 saturated carbocycles. The minimum Gasteiger partial charge on any atom is -0.271 e. The summed E-state index contributed by atoms with van der Waals surface area (Å²) in [5.41, 5.74) is 4.36. The van der Waals surface area contributed by atoms with Crippen molar-refractivity contribution < 1.29 is 4.39 Å². The summed E-state index contributed by atoms with van der Waals surface area (Å²) in [7, 11) is 0. The third-order valence-electron chi connectivity index (χ3n) is 3.13. The number of aryl methyl sites for hydroxylation is 1. The third kappa shape index (κ3) is 3.29. The summed E-state index contributed by atoms with van der Waals surface area (Å²) < 4.78 is 13.4. The number of nitrogens with one attached hydrogen (secondary N) is 1. The first-order chi connectivity index (χ1) is 7.58. The molecule has 0 aliphatic heterocycles. The Morgan fingerprint density at radius 3 is 2.62 bits per heavy atom. The van der Waals surface area contributed by atoms with Gasteiger partial charge < -0.3 is 0 Å². The van der Waals surface area contributed by atoms with Gasteiger partial charge in [-0.25, -0.2) is 4.39 Å². The zero-order valence-corrected chi connectivity index (χ0v) is 10.3. The van der Waals surface area contributed by atoms with E-state index in [2.05, 4.69) is 19.3 Å². The van der Waals surface area contributed by atoms with Gasteiger partial charge in [-0.15, -0.1) is 0 Å². The van der Waals surface area contributed by atoms with Crippen molar-refractivity contribution in [2.45, 2.75) is 39.7 Å². The highest BCUT2D eigenvalue weighted by Gasteiger charge is 2.14. The van der Waals surface area contributed by atoms with Crippen LogP contribution in [0.4, 0.5) is 4.39 Å². The molecule has 0 spiro atoms. The predicted octanol–water partition coefficient (Wildman–Crippen LogP) is 3.07. The average molecular weight is 224 g/mol. The van der Waals surface area contributed by atoms with E-state index in [4.69, 9.17) is 5.84 Å². The molecule has 0 saturated heterocycles. The summed E-state index contributed by atoms with van der Waals surface area (Å²) in [5, 5.41) is 0. The molecule has 0 fully saturated rings. The van der Waals surface area contributed by atoms with Crippen molar-refractivity contribution in [3.8, 4) is 0 Å². The lowest BCUT2D eigenvalue weighted by Gasteiger charge is -2.20. The van der Waals surface area contributed by atoms with Gasteiger partial charge in [-0.2, -0.15) is 0 Å². The Morgan fingerprint density at radius 1 is 1.44 bits per heavy atom. The van der Waals surface area contributed by atoms with Crippen molar-refractivity contribution in [3.63, 3.8) is 0 Å².